The summed E-state index contributed by atoms with van der Waals surface area (Å²) in [4.78, 5) is 9.72. The molecule has 3 aliphatic carbocycles. The number of nitrogens with one attached hydrogen (secondary N) is 2. The normalized spacial score (nSPS) is 23.7. The van der Waals surface area contributed by atoms with Gasteiger partial charge in [-0.05, 0) is 77.7 Å². The molecule has 226 valence electrons. The Morgan fingerprint density at radius 1 is 1.05 bits per heavy atom. The van der Waals surface area contributed by atoms with E-state index >= 15 is 0 Å². The molecule has 0 saturated heterocycles. The Labute approximate surface area is 246 Å². The predicted octanol–water partition coefficient (Wildman–Crippen LogP) is 4.97. The van der Waals surface area contributed by atoms with E-state index in [2.05, 4.69) is 51.6 Å². The van der Waals surface area contributed by atoms with Crippen LogP contribution in [-0.4, -0.2) is 84.5 Å². The lowest BCUT2D eigenvalue weighted by Crippen LogP contribution is -2.59. The number of rotatable bonds is 14. The third-order valence-corrected chi connectivity index (χ3v) is 10.2. The Kier molecular flexibility index (Phi) is 9.36. The first-order chi connectivity index (χ1) is 19.9. The van der Waals surface area contributed by atoms with Gasteiger partial charge in [-0.2, -0.15) is 5.10 Å². The van der Waals surface area contributed by atoms with Crippen molar-refractivity contribution < 1.29 is 9.47 Å². The summed E-state index contributed by atoms with van der Waals surface area (Å²) in [5.74, 6) is 0.771. The molecule has 2 bridgehead atoms. The van der Waals surface area contributed by atoms with Crippen LogP contribution in [0.25, 0.3) is 0 Å². The van der Waals surface area contributed by atoms with Gasteiger partial charge in [-0.15, -0.1) is 0 Å². The second-order valence-electron chi connectivity index (χ2n) is 12.4. The second kappa shape index (κ2) is 12.8. The third kappa shape index (κ3) is 6.04. The van der Waals surface area contributed by atoms with Crippen molar-refractivity contribution >= 4 is 17.7 Å². The molecule has 3 saturated carbocycles. The van der Waals surface area contributed by atoms with E-state index in [1.807, 2.05) is 14.0 Å². The Bertz CT molecular complexity index is 1170. The van der Waals surface area contributed by atoms with Crippen LogP contribution < -0.4 is 10.2 Å². The molecule has 3 fully saturated rings. The van der Waals surface area contributed by atoms with E-state index in [1.165, 1.54) is 56.0 Å². The molecule has 0 aromatic carbocycles. The van der Waals surface area contributed by atoms with Gasteiger partial charge in [0.05, 0.1) is 30.2 Å². The van der Waals surface area contributed by atoms with Crippen molar-refractivity contribution in [1.82, 2.24) is 19.7 Å². The van der Waals surface area contributed by atoms with E-state index in [0.29, 0.717) is 11.0 Å². The molecule has 2 N–H and O–H groups in total. The minimum atomic E-state index is 0.303. The van der Waals surface area contributed by atoms with E-state index in [9.17, 15) is 0 Å². The highest BCUT2D eigenvalue weighted by Crippen LogP contribution is 2.55. The van der Waals surface area contributed by atoms with Crippen molar-refractivity contribution in [2.45, 2.75) is 91.3 Å². The Balaban J connectivity index is 1.29. The van der Waals surface area contributed by atoms with Gasteiger partial charge in [0, 0.05) is 88.1 Å². The van der Waals surface area contributed by atoms with Crippen LogP contribution in [0.1, 0.15) is 80.6 Å². The van der Waals surface area contributed by atoms with Crippen LogP contribution in [0.3, 0.4) is 0 Å². The van der Waals surface area contributed by atoms with Gasteiger partial charge in [0.1, 0.15) is 5.82 Å². The van der Waals surface area contributed by atoms with Crippen LogP contribution in [0.15, 0.2) is 6.07 Å². The first kappa shape index (κ1) is 30.0. The smallest absolute Gasteiger partial charge is 0.136 e. The largest absolute Gasteiger partial charge is 0.380 e. The molecule has 41 heavy (non-hydrogen) atoms. The van der Waals surface area contributed by atoms with Gasteiger partial charge in [-0.3, -0.25) is 9.58 Å². The maximum Gasteiger partial charge on any atom is 0.136 e. The maximum atomic E-state index is 8.06. The summed E-state index contributed by atoms with van der Waals surface area (Å²) in [6, 6.07) is 2.12. The van der Waals surface area contributed by atoms with Crippen molar-refractivity contribution in [3.8, 4) is 0 Å². The molecular formula is C32H51N7O2. The number of hydrogen-bond donors (Lipinski definition) is 2. The summed E-state index contributed by atoms with van der Waals surface area (Å²) in [5, 5.41) is 16.4. The van der Waals surface area contributed by atoms with Crippen molar-refractivity contribution in [2.24, 2.45) is 5.41 Å². The minimum Gasteiger partial charge on any atom is -0.380 e. The fraction of sp³-hybridized carbons (Fsp3) is 0.719. The standard InChI is InChI=1S/C32H51N7O2/c1-6-40-18-16-38(17-19-41-7-2)32-12-9-31(10-13-32,11-14-32)23-39-28-8-15-37(22-27(28)25(4)36-39)29-20-24(3)35-30(34-5)26(29)21-33/h20-21,33H,6-19,22-23H2,1-5H3,(H,34,35). The lowest BCUT2D eigenvalue weighted by Gasteiger charge is -2.58. The SMILES string of the molecule is CCOCCN(CCOCC)C12CCC(Cn3nc(C)c4c3CCN(c3cc(C)nc(NC)c3C=N)C4)(CC1)CC2. The highest BCUT2D eigenvalue weighted by molar-refractivity contribution is 5.92. The molecule has 0 spiro atoms. The molecule has 2 aromatic rings. The highest BCUT2D eigenvalue weighted by atomic mass is 16.5. The molecule has 2 aromatic heterocycles. The van der Waals surface area contributed by atoms with Gasteiger partial charge < -0.3 is 25.1 Å². The van der Waals surface area contributed by atoms with E-state index in [1.54, 1.807) is 0 Å². The molecule has 0 unspecified atom stereocenters. The monoisotopic (exact) mass is 565 g/mol. The summed E-state index contributed by atoms with van der Waals surface area (Å²) in [6.45, 7) is 16.3. The third-order valence-electron chi connectivity index (χ3n) is 10.2. The van der Waals surface area contributed by atoms with E-state index in [0.717, 1.165) is 94.0 Å². The van der Waals surface area contributed by atoms with Crippen molar-refractivity contribution in [3.63, 3.8) is 0 Å². The average molecular weight is 566 g/mol. The van der Waals surface area contributed by atoms with Gasteiger partial charge in [0.15, 0.2) is 0 Å². The average Bonchev–Trinajstić information content (AvgIpc) is 3.30. The van der Waals surface area contributed by atoms with Gasteiger partial charge >= 0.3 is 0 Å². The van der Waals surface area contributed by atoms with Crippen LogP contribution >= 0.6 is 0 Å². The van der Waals surface area contributed by atoms with E-state index in [4.69, 9.17) is 20.0 Å². The quantitative estimate of drug-likeness (QED) is 0.247. The van der Waals surface area contributed by atoms with Crippen LogP contribution in [-0.2, 0) is 29.0 Å². The number of hydrogen-bond acceptors (Lipinski definition) is 8. The number of ether oxygens (including phenoxy) is 2. The summed E-state index contributed by atoms with van der Waals surface area (Å²) in [5.41, 5.74) is 7.50. The fourth-order valence-electron chi connectivity index (χ4n) is 7.76. The lowest BCUT2D eigenvalue weighted by atomic mass is 9.56. The van der Waals surface area contributed by atoms with Crippen molar-refractivity contribution in [2.75, 3.05) is 63.3 Å². The van der Waals surface area contributed by atoms with E-state index in [-0.39, 0.29) is 0 Å². The summed E-state index contributed by atoms with van der Waals surface area (Å²) in [6.07, 6.45) is 10.0. The lowest BCUT2D eigenvalue weighted by molar-refractivity contribution is -0.0771. The summed E-state index contributed by atoms with van der Waals surface area (Å²) >= 11 is 0. The van der Waals surface area contributed by atoms with Crippen molar-refractivity contribution in [1.29, 1.82) is 5.41 Å². The molecule has 6 rings (SSSR count). The molecular weight excluding hydrogens is 514 g/mol. The fourth-order valence-corrected chi connectivity index (χ4v) is 7.76. The highest BCUT2D eigenvalue weighted by Gasteiger charge is 2.51. The molecule has 9 heteroatoms. The van der Waals surface area contributed by atoms with Gasteiger partial charge in [0.2, 0.25) is 0 Å². The van der Waals surface area contributed by atoms with Crippen LogP contribution in [0, 0.1) is 24.7 Å². The zero-order valence-corrected chi connectivity index (χ0v) is 26.0. The molecule has 0 atom stereocenters. The molecule has 0 radical (unpaired) electrons. The number of aryl methyl sites for hydroxylation is 2. The molecule has 3 heterocycles. The summed E-state index contributed by atoms with van der Waals surface area (Å²) < 4.78 is 13.9. The Morgan fingerprint density at radius 2 is 1.71 bits per heavy atom. The van der Waals surface area contributed by atoms with Crippen LogP contribution in [0.5, 0.6) is 0 Å². The molecule has 9 nitrogen and oxygen atoms in total. The number of aromatic nitrogens is 3. The zero-order valence-electron chi connectivity index (χ0n) is 26.0. The van der Waals surface area contributed by atoms with Crippen LogP contribution in [0.2, 0.25) is 0 Å². The topological polar surface area (TPSA) is 91.5 Å². The second-order valence-corrected chi connectivity index (χ2v) is 12.4. The number of fused-ring (bicyclic) bond motifs is 4. The molecule has 0 amide bonds. The Morgan fingerprint density at radius 3 is 2.29 bits per heavy atom. The number of anilines is 2. The summed E-state index contributed by atoms with van der Waals surface area (Å²) in [7, 11) is 1.88. The molecule has 4 aliphatic rings. The first-order valence-electron chi connectivity index (χ1n) is 15.8. The molecule has 1 aliphatic heterocycles. The first-order valence-corrected chi connectivity index (χ1v) is 15.8. The van der Waals surface area contributed by atoms with E-state index < -0.39 is 0 Å². The van der Waals surface area contributed by atoms with Crippen LogP contribution in [0.4, 0.5) is 11.5 Å². The zero-order chi connectivity index (χ0) is 29.0. The minimum absolute atomic E-state index is 0.303. The van der Waals surface area contributed by atoms with Gasteiger partial charge in [-0.1, -0.05) is 0 Å². The van der Waals surface area contributed by atoms with Crippen molar-refractivity contribution in [3.05, 3.63) is 34.3 Å². The maximum absolute atomic E-state index is 8.06. The number of pyridine rings is 1. The van der Waals surface area contributed by atoms with Gasteiger partial charge in [0.25, 0.3) is 0 Å². The number of nitrogens with zero attached hydrogens (tertiary/aromatic N) is 5. The predicted molar refractivity (Wildman–Crippen MR) is 166 cm³/mol. The van der Waals surface area contributed by atoms with Gasteiger partial charge in [-0.25, -0.2) is 4.98 Å². The Hall–Kier alpha value is -2.49.